The lowest BCUT2D eigenvalue weighted by Gasteiger charge is -2.26. The van der Waals surface area contributed by atoms with Crippen molar-refractivity contribution in [2.24, 2.45) is 17.4 Å². The molecule has 0 saturated heterocycles. The van der Waals surface area contributed by atoms with Gasteiger partial charge >= 0.3 is 5.97 Å². The Morgan fingerprint density at radius 1 is 0.860 bits per heavy atom. The quantitative estimate of drug-likeness (QED) is 0.129. The number of aliphatic carboxylic acids is 1. The van der Waals surface area contributed by atoms with Crippen molar-refractivity contribution in [3.05, 3.63) is 71.9 Å². The van der Waals surface area contributed by atoms with E-state index in [1.54, 1.807) is 13.1 Å². The molecular formula is C31H40N6O6. The van der Waals surface area contributed by atoms with Gasteiger partial charge < -0.3 is 37.5 Å². The second kappa shape index (κ2) is 15.5. The number of hydrogen-bond donors (Lipinski definition) is 7. The number of carbonyl (C=O) groups excluding carboxylic acids is 4. The Bertz CT molecular complexity index is 1420. The van der Waals surface area contributed by atoms with Gasteiger partial charge in [0.15, 0.2) is 0 Å². The maximum atomic E-state index is 13.6. The van der Waals surface area contributed by atoms with Crippen LogP contribution < -0.4 is 27.4 Å². The summed E-state index contributed by atoms with van der Waals surface area (Å²) in [5.74, 6) is -4.30. The van der Waals surface area contributed by atoms with E-state index in [2.05, 4.69) is 20.9 Å². The second-order valence-electron chi connectivity index (χ2n) is 10.7. The van der Waals surface area contributed by atoms with Crippen molar-refractivity contribution >= 4 is 40.5 Å². The molecule has 0 aliphatic heterocycles. The van der Waals surface area contributed by atoms with Gasteiger partial charge in [-0.3, -0.25) is 19.2 Å². The molecule has 3 rings (SSSR count). The smallest absolute Gasteiger partial charge is 0.326 e. The third kappa shape index (κ3) is 9.40. The molecule has 5 unspecified atom stereocenters. The summed E-state index contributed by atoms with van der Waals surface area (Å²) in [4.78, 5) is 66.7. The van der Waals surface area contributed by atoms with E-state index in [1.807, 2.05) is 61.5 Å². The van der Waals surface area contributed by atoms with Crippen molar-refractivity contribution in [3.63, 3.8) is 0 Å². The normalized spacial score (nSPS) is 14.6. The molecule has 0 aliphatic rings. The van der Waals surface area contributed by atoms with Crippen LogP contribution in [0.3, 0.4) is 0 Å². The van der Waals surface area contributed by atoms with Crippen LogP contribution >= 0.6 is 0 Å². The first kappa shape index (κ1) is 32.8. The molecule has 1 heterocycles. The molecule has 1 aromatic heterocycles. The van der Waals surface area contributed by atoms with Crippen LogP contribution in [-0.2, 0) is 36.8 Å². The van der Waals surface area contributed by atoms with E-state index in [4.69, 9.17) is 11.5 Å². The van der Waals surface area contributed by atoms with Crippen LogP contribution in [0.25, 0.3) is 10.9 Å². The summed E-state index contributed by atoms with van der Waals surface area (Å²) in [6, 6.07) is 11.9. The fourth-order valence-electron chi connectivity index (χ4n) is 4.73. The maximum Gasteiger partial charge on any atom is 0.326 e. The minimum atomic E-state index is -1.23. The number of hydrogen-bond acceptors (Lipinski definition) is 6. The molecule has 4 amide bonds. The minimum absolute atomic E-state index is 0.0262. The Morgan fingerprint density at radius 2 is 1.49 bits per heavy atom. The van der Waals surface area contributed by atoms with Crippen molar-refractivity contribution in [1.29, 1.82) is 0 Å². The topological polar surface area (TPSA) is 210 Å². The second-order valence-corrected chi connectivity index (χ2v) is 10.7. The van der Waals surface area contributed by atoms with Gasteiger partial charge in [0, 0.05) is 29.9 Å². The lowest BCUT2D eigenvalue weighted by Crippen LogP contribution is -2.58. The Balaban J connectivity index is 1.84. The largest absolute Gasteiger partial charge is 0.480 e. The predicted octanol–water partition coefficient (Wildman–Crippen LogP) is 1.13. The molecule has 5 atom stereocenters. The number of fused-ring (bicyclic) bond motifs is 1. The summed E-state index contributed by atoms with van der Waals surface area (Å²) >= 11 is 0. The number of nitrogens with two attached hydrogens (primary N) is 2. The fourth-order valence-corrected chi connectivity index (χ4v) is 4.73. The van der Waals surface area contributed by atoms with Gasteiger partial charge in [-0.05, 0) is 36.0 Å². The van der Waals surface area contributed by atoms with Crippen LogP contribution in [0.4, 0.5) is 0 Å². The first-order valence-electron chi connectivity index (χ1n) is 14.3. The summed E-state index contributed by atoms with van der Waals surface area (Å²) in [5, 5.41) is 18.4. The summed E-state index contributed by atoms with van der Waals surface area (Å²) in [5.41, 5.74) is 13.8. The van der Waals surface area contributed by atoms with Crippen molar-refractivity contribution in [3.8, 4) is 0 Å². The van der Waals surface area contributed by atoms with E-state index in [-0.39, 0.29) is 31.6 Å². The zero-order chi connectivity index (χ0) is 31.5. The molecular weight excluding hydrogens is 552 g/mol. The molecule has 0 saturated carbocycles. The summed E-state index contributed by atoms with van der Waals surface area (Å²) in [7, 11) is 0. The molecule has 0 radical (unpaired) electrons. The van der Waals surface area contributed by atoms with Crippen molar-refractivity contribution < 1.29 is 29.1 Å². The van der Waals surface area contributed by atoms with Crippen LogP contribution in [0, 0.1) is 5.92 Å². The highest BCUT2D eigenvalue weighted by molar-refractivity contribution is 5.95. The molecule has 230 valence electrons. The highest BCUT2D eigenvalue weighted by atomic mass is 16.4. The highest BCUT2D eigenvalue weighted by Crippen LogP contribution is 2.20. The molecule has 2 aromatic carbocycles. The first-order valence-corrected chi connectivity index (χ1v) is 14.3. The average Bonchev–Trinajstić information content (AvgIpc) is 3.39. The Kier molecular flexibility index (Phi) is 11.8. The van der Waals surface area contributed by atoms with Gasteiger partial charge in [0.05, 0.1) is 6.04 Å². The van der Waals surface area contributed by atoms with E-state index in [1.165, 1.54) is 0 Å². The molecule has 0 bridgehead atoms. The number of primary amides is 1. The number of carboxylic acid groups (broad SMARTS) is 1. The maximum absolute atomic E-state index is 13.6. The number of H-pyrrole nitrogens is 1. The number of carboxylic acids is 1. The molecule has 43 heavy (non-hydrogen) atoms. The van der Waals surface area contributed by atoms with Crippen LogP contribution in [0.1, 0.15) is 44.2 Å². The van der Waals surface area contributed by atoms with Crippen LogP contribution in [0.15, 0.2) is 60.8 Å². The fraction of sp³-hybridized carbons (Fsp3) is 0.387. The molecule has 3 aromatic rings. The Morgan fingerprint density at radius 3 is 2.14 bits per heavy atom. The van der Waals surface area contributed by atoms with E-state index in [0.29, 0.717) is 12.0 Å². The minimum Gasteiger partial charge on any atom is -0.480 e. The monoisotopic (exact) mass is 592 g/mol. The highest BCUT2D eigenvalue weighted by Gasteiger charge is 2.32. The summed E-state index contributed by atoms with van der Waals surface area (Å²) in [6.07, 6.45) is 2.13. The zero-order valence-corrected chi connectivity index (χ0v) is 24.3. The number of rotatable bonds is 16. The molecule has 9 N–H and O–H groups in total. The van der Waals surface area contributed by atoms with Gasteiger partial charge in [0.25, 0.3) is 0 Å². The van der Waals surface area contributed by atoms with Crippen molar-refractivity contribution in [2.45, 2.75) is 70.1 Å². The Hall–Kier alpha value is -4.71. The van der Waals surface area contributed by atoms with E-state index in [0.717, 1.165) is 16.5 Å². The molecule has 12 nitrogen and oxygen atoms in total. The third-order valence-electron chi connectivity index (χ3n) is 7.46. The molecule has 0 spiro atoms. The van der Waals surface area contributed by atoms with Gasteiger partial charge in [-0.1, -0.05) is 68.8 Å². The number of aromatic nitrogens is 1. The van der Waals surface area contributed by atoms with Crippen LogP contribution in [-0.4, -0.2) is 63.9 Å². The van der Waals surface area contributed by atoms with Gasteiger partial charge in [0.1, 0.15) is 18.1 Å². The van der Waals surface area contributed by atoms with Gasteiger partial charge in [-0.2, -0.15) is 0 Å². The van der Waals surface area contributed by atoms with E-state index in [9.17, 15) is 29.1 Å². The van der Waals surface area contributed by atoms with Crippen molar-refractivity contribution in [2.75, 3.05) is 0 Å². The first-order chi connectivity index (χ1) is 20.5. The standard InChI is InChI=1S/C31H40N6O6/c1-3-18(2)27(31(42)43)37-30(41)25(16-20-17-34-23-12-8-7-11-21(20)23)36-29(40)24(13-14-26(33)38)35-28(39)22(32)15-19-9-5-4-6-10-19/h4-12,17-18,22,24-25,27,34H,3,13-16,32H2,1-2H3,(H2,33,38)(H,35,39)(H,36,40)(H,37,41)(H,42,43). The molecule has 0 fully saturated rings. The van der Waals surface area contributed by atoms with Gasteiger partial charge in [0.2, 0.25) is 23.6 Å². The average molecular weight is 593 g/mol. The number of carbonyl (C=O) groups is 5. The number of benzene rings is 2. The number of amides is 4. The SMILES string of the molecule is CCC(C)C(NC(=O)C(Cc1c[nH]c2ccccc12)NC(=O)C(CCC(N)=O)NC(=O)C(N)Cc1ccccc1)C(=O)O. The van der Waals surface area contributed by atoms with Crippen molar-refractivity contribution in [1.82, 2.24) is 20.9 Å². The lowest BCUT2D eigenvalue weighted by atomic mass is 9.97. The van der Waals surface area contributed by atoms with Crippen LogP contribution in [0.2, 0.25) is 0 Å². The molecule has 0 aliphatic carbocycles. The number of para-hydroxylation sites is 1. The third-order valence-corrected chi connectivity index (χ3v) is 7.46. The predicted molar refractivity (Wildman–Crippen MR) is 161 cm³/mol. The van der Waals surface area contributed by atoms with E-state index < -0.39 is 53.8 Å². The molecule has 12 heteroatoms. The van der Waals surface area contributed by atoms with Crippen LogP contribution in [0.5, 0.6) is 0 Å². The number of aromatic amines is 1. The Labute approximate surface area is 250 Å². The van der Waals surface area contributed by atoms with E-state index >= 15 is 0 Å². The van der Waals surface area contributed by atoms with Gasteiger partial charge in [-0.15, -0.1) is 0 Å². The summed E-state index contributed by atoms with van der Waals surface area (Å²) < 4.78 is 0. The zero-order valence-electron chi connectivity index (χ0n) is 24.3. The number of nitrogens with one attached hydrogen (secondary N) is 4. The van der Waals surface area contributed by atoms with Gasteiger partial charge in [-0.25, -0.2) is 4.79 Å². The lowest BCUT2D eigenvalue weighted by molar-refractivity contribution is -0.143. The summed E-state index contributed by atoms with van der Waals surface area (Å²) in [6.45, 7) is 3.52.